The molecule has 0 aromatic heterocycles. The van der Waals surface area contributed by atoms with Gasteiger partial charge >= 0.3 is 0 Å². The van der Waals surface area contributed by atoms with Crippen LogP contribution in [-0.2, 0) is 0 Å². The molecule has 0 saturated heterocycles. The van der Waals surface area contributed by atoms with E-state index in [1.807, 2.05) is 31.2 Å². The maximum atomic E-state index is 13.6. The van der Waals surface area contributed by atoms with E-state index in [0.717, 1.165) is 22.4 Å². The van der Waals surface area contributed by atoms with Crippen molar-refractivity contribution in [2.45, 2.75) is 19.2 Å². The molecule has 0 heterocycles. The summed E-state index contributed by atoms with van der Waals surface area (Å²) in [5, 5.41) is -0.360. The molecule has 2 rings (SSSR count). The summed E-state index contributed by atoms with van der Waals surface area (Å²) >= 11 is 6.45. The number of methoxy groups -OCH3 is 1. The summed E-state index contributed by atoms with van der Waals surface area (Å²) in [4.78, 5) is 0. The van der Waals surface area contributed by atoms with E-state index in [-0.39, 0.29) is 11.2 Å². The molecule has 0 aliphatic rings. The van der Waals surface area contributed by atoms with E-state index in [1.165, 1.54) is 6.07 Å². The predicted octanol–water partition coefficient (Wildman–Crippen LogP) is 4.78. The van der Waals surface area contributed by atoms with Gasteiger partial charge in [-0.2, -0.15) is 0 Å². The molecule has 3 heteroatoms. The van der Waals surface area contributed by atoms with Gasteiger partial charge in [-0.15, -0.1) is 11.6 Å². The van der Waals surface area contributed by atoms with E-state index >= 15 is 0 Å². The van der Waals surface area contributed by atoms with Crippen LogP contribution in [0.4, 0.5) is 4.39 Å². The van der Waals surface area contributed by atoms with Crippen molar-refractivity contribution in [1.82, 2.24) is 0 Å². The highest BCUT2D eigenvalue weighted by Crippen LogP contribution is 2.33. The Morgan fingerprint density at radius 1 is 1.05 bits per heavy atom. The van der Waals surface area contributed by atoms with Gasteiger partial charge in [-0.3, -0.25) is 0 Å². The quantitative estimate of drug-likeness (QED) is 0.734. The zero-order valence-corrected chi connectivity index (χ0v) is 12.0. The summed E-state index contributed by atoms with van der Waals surface area (Å²) in [6.45, 7) is 3.71. The molecule has 0 saturated carbocycles. The molecule has 0 radical (unpaired) electrons. The highest BCUT2D eigenvalue weighted by atomic mass is 35.5. The van der Waals surface area contributed by atoms with E-state index in [1.54, 1.807) is 20.1 Å². The highest BCUT2D eigenvalue weighted by Gasteiger charge is 2.15. The number of benzene rings is 2. The fourth-order valence-electron chi connectivity index (χ4n) is 2.01. The molecule has 0 N–H and O–H groups in total. The van der Waals surface area contributed by atoms with Crippen molar-refractivity contribution in [3.05, 3.63) is 64.5 Å². The molecule has 1 atom stereocenters. The van der Waals surface area contributed by atoms with Crippen LogP contribution < -0.4 is 4.74 Å². The average molecular weight is 279 g/mol. The highest BCUT2D eigenvalue weighted by molar-refractivity contribution is 6.22. The predicted molar refractivity (Wildman–Crippen MR) is 76.6 cm³/mol. The fraction of sp³-hybridized carbons (Fsp3) is 0.250. The number of alkyl halides is 1. The minimum Gasteiger partial charge on any atom is -0.497 e. The minimum absolute atomic E-state index is 0.227. The molecule has 0 spiro atoms. The second kappa shape index (κ2) is 5.62. The third-order valence-corrected chi connectivity index (χ3v) is 3.73. The zero-order valence-electron chi connectivity index (χ0n) is 11.2. The van der Waals surface area contributed by atoms with E-state index < -0.39 is 0 Å². The maximum absolute atomic E-state index is 13.6. The molecule has 0 bridgehead atoms. The number of hydrogen-bond acceptors (Lipinski definition) is 1. The Kier molecular flexibility index (Phi) is 4.11. The second-order valence-electron chi connectivity index (χ2n) is 4.59. The molecular weight excluding hydrogens is 263 g/mol. The van der Waals surface area contributed by atoms with Gasteiger partial charge in [0.1, 0.15) is 11.6 Å². The molecule has 19 heavy (non-hydrogen) atoms. The Balaban J connectivity index is 2.38. The van der Waals surface area contributed by atoms with Crippen LogP contribution in [0.3, 0.4) is 0 Å². The lowest BCUT2D eigenvalue weighted by Crippen LogP contribution is -1.98. The lowest BCUT2D eigenvalue weighted by atomic mass is 9.99. The van der Waals surface area contributed by atoms with Crippen LogP contribution in [0.2, 0.25) is 0 Å². The standard InChI is InChI=1S/C16H16ClFO/c1-10-4-5-12(9-15(10)18)16(17)14-7-6-13(19-3)8-11(14)2/h4-9,16H,1-3H3. The summed E-state index contributed by atoms with van der Waals surface area (Å²) < 4.78 is 18.8. The molecule has 0 aliphatic carbocycles. The third kappa shape index (κ3) is 2.90. The van der Waals surface area contributed by atoms with Crippen molar-refractivity contribution < 1.29 is 9.13 Å². The number of rotatable bonds is 3. The molecule has 2 aromatic rings. The summed E-state index contributed by atoms with van der Waals surface area (Å²) in [7, 11) is 1.63. The lowest BCUT2D eigenvalue weighted by molar-refractivity contribution is 0.414. The smallest absolute Gasteiger partial charge is 0.126 e. The summed E-state index contributed by atoms with van der Waals surface area (Å²) in [5.41, 5.74) is 3.38. The monoisotopic (exact) mass is 278 g/mol. The van der Waals surface area contributed by atoms with Crippen molar-refractivity contribution >= 4 is 11.6 Å². The van der Waals surface area contributed by atoms with Gasteiger partial charge in [-0.05, 0) is 54.3 Å². The SMILES string of the molecule is COc1ccc(C(Cl)c2ccc(C)c(F)c2)c(C)c1. The van der Waals surface area contributed by atoms with Crippen molar-refractivity contribution in [2.75, 3.05) is 7.11 Å². The van der Waals surface area contributed by atoms with Crippen LogP contribution in [0.1, 0.15) is 27.6 Å². The molecule has 0 aliphatic heterocycles. The molecule has 1 unspecified atom stereocenters. The molecule has 0 amide bonds. The summed E-state index contributed by atoms with van der Waals surface area (Å²) in [6.07, 6.45) is 0. The number of halogens is 2. The minimum atomic E-state index is -0.360. The van der Waals surface area contributed by atoms with Crippen LogP contribution in [0.15, 0.2) is 36.4 Å². The molecular formula is C16H16ClFO. The number of ether oxygens (including phenoxy) is 1. The van der Waals surface area contributed by atoms with Gasteiger partial charge < -0.3 is 4.74 Å². The normalized spacial score (nSPS) is 12.3. The Labute approximate surface area is 118 Å². The van der Waals surface area contributed by atoms with Crippen LogP contribution in [-0.4, -0.2) is 7.11 Å². The summed E-state index contributed by atoms with van der Waals surface area (Å²) in [6, 6.07) is 10.8. The van der Waals surface area contributed by atoms with Crippen LogP contribution in [0.25, 0.3) is 0 Å². The first-order valence-corrected chi connectivity index (χ1v) is 6.51. The van der Waals surface area contributed by atoms with E-state index in [4.69, 9.17) is 16.3 Å². The Morgan fingerprint density at radius 3 is 2.37 bits per heavy atom. The topological polar surface area (TPSA) is 9.23 Å². The first-order valence-electron chi connectivity index (χ1n) is 6.07. The molecule has 100 valence electrons. The van der Waals surface area contributed by atoms with Crippen LogP contribution >= 0.6 is 11.6 Å². The van der Waals surface area contributed by atoms with Crippen LogP contribution in [0.5, 0.6) is 5.75 Å². The molecule has 1 nitrogen and oxygen atoms in total. The first-order chi connectivity index (χ1) is 9.02. The van der Waals surface area contributed by atoms with E-state index in [9.17, 15) is 4.39 Å². The second-order valence-corrected chi connectivity index (χ2v) is 5.03. The van der Waals surface area contributed by atoms with Crippen molar-refractivity contribution in [2.24, 2.45) is 0 Å². The molecule has 2 aromatic carbocycles. The van der Waals surface area contributed by atoms with Gasteiger partial charge in [0.2, 0.25) is 0 Å². The van der Waals surface area contributed by atoms with Gasteiger partial charge in [-0.1, -0.05) is 18.2 Å². The lowest BCUT2D eigenvalue weighted by Gasteiger charge is -2.15. The van der Waals surface area contributed by atoms with E-state index in [2.05, 4.69) is 0 Å². The van der Waals surface area contributed by atoms with Gasteiger partial charge in [0, 0.05) is 0 Å². The maximum Gasteiger partial charge on any atom is 0.126 e. The van der Waals surface area contributed by atoms with Gasteiger partial charge in [0.25, 0.3) is 0 Å². The summed E-state index contributed by atoms with van der Waals surface area (Å²) in [5.74, 6) is 0.564. The Morgan fingerprint density at radius 2 is 1.79 bits per heavy atom. The number of aryl methyl sites for hydroxylation is 2. The molecule has 0 fully saturated rings. The Hall–Kier alpha value is -1.54. The van der Waals surface area contributed by atoms with Gasteiger partial charge in [0.15, 0.2) is 0 Å². The van der Waals surface area contributed by atoms with Crippen molar-refractivity contribution in [3.63, 3.8) is 0 Å². The van der Waals surface area contributed by atoms with Crippen molar-refractivity contribution in [1.29, 1.82) is 0 Å². The Bertz CT molecular complexity index is 595. The first kappa shape index (κ1) is 13.9. The van der Waals surface area contributed by atoms with E-state index in [0.29, 0.717) is 5.56 Å². The van der Waals surface area contributed by atoms with Crippen LogP contribution in [0, 0.1) is 19.7 Å². The largest absolute Gasteiger partial charge is 0.497 e. The number of hydrogen-bond donors (Lipinski definition) is 0. The third-order valence-electron chi connectivity index (χ3n) is 3.24. The van der Waals surface area contributed by atoms with Gasteiger partial charge in [-0.25, -0.2) is 4.39 Å². The zero-order chi connectivity index (χ0) is 14.0. The van der Waals surface area contributed by atoms with Crippen molar-refractivity contribution in [3.8, 4) is 5.75 Å². The van der Waals surface area contributed by atoms with Gasteiger partial charge in [0.05, 0.1) is 12.5 Å². The average Bonchev–Trinajstić information content (AvgIpc) is 2.41. The fourth-order valence-corrected chi connectivity index (χ4v) is 2.39.